The van der Waals surface area contributed by atoms with Gasteiger partial charge in [-0.05, 0) is 89.8 Å². The molecular formula is C47H34N4S2. The Labute approximate surface area is 318 Å². The zero-order chi connectivity index (χ0) is 35.5. The highest BCUT2D eigenvalue weighted by Crippen LogP contribution is 2.60. The molecular weight excluding hydrogens is 685 g/mol. The minimum atomic E-state index is 0.432. The number of para-hydroxylation sites is 4. The molecule has 1 saturated heterocycles. The number of fused-ring (bicyclic) bond motifs is 4. The Morgan fingerprint density at radius 2 is 0.981 bits per heavy atom. The van der Waals surface area contributed by atoms with Crippen LogP contribution in [0.15, 0.2) is 171 Å². The molecule has 0 saturated carbocycles. The molecule has 1 N–H and O–H groups in total. The van der Waals surface area contributed by atoms with Crippen LogP contribution in [0, 0.1) is 11.3 Å². The fourth-order valence-electron chi connectivity index (χ4n) is 7.81. The summed E-state index contributed by atoms with van der Waals surface area (Å²) in [5.41, 5.74) is 14.8. The predicted molar refractivity (Wildman–Crippen MR) is 220 cm³/mol. The summed E-state index contributed by atoms with van der Waals surface area (Å²) in [7, 11) is 0. The smallest absolute Gasteiger partial charge is 0.0991 e. The van der Waals surface area contributed by atoms with Crippen LogP contribution >= 0.6 is 23.5 Å². The van der Waals surface area contributed by atoms with Crippen LogP contribution in [0.3, 0.4) is 0 Å². The summed E-state index contributed by atoms with van der Waals surface area (Å²) in [6.45, 7) is 3.32. The van der Waals surface area contributed by atoms with E-state index in [0.717, 1.165) is 41.2 Å². The van der Waals surface area contributed by atoms with Crippen LogP contribution in [0.4, 0.5) is 34.1 Å². The first-order chi connectivity index (χ1) is 26.2. The van der Waals surface area contributed by atoms with E-state index in [9.17, 15) is 5.26 Å². The van der Waals surface area contributed by atoms with E-state index >= 15 is 0 Å². The van der Waals surface area contributed by atoms with Crippen LogP contribution in [0.25, 0.3) is 22.3 Å². The minimum absolute atomic E-state index is 0.432. The summed E-state index contributed by atoms with van der Waals surface area (Å²) in [4.78, 5) is 9.93. The van der Waals surface area contributed by atoms with Gasteiger partial charge in [0.1, 0.15) is 0 Å². The fourth-order valence-corrected chi connectivity index (χ4v) is 9.93. The lowest BCUT2D eigenvalue weighted by atomic mass is 9.88. The number of hydrogen-bond donors (Lipinski definition) is 1. The molecule has 0 amide bonds. The number of anilines is 6. The highest BCUT2D eigenvalue weighted by Gasteiger charge is 2.35. The number of nitrogens with zero attached hydrogens (tertiary/aromatic N) is 3. The lowest BCUT2D eigenvalue weighted by Crippen LogP contribution is -2.22. The molecule has 1 unspecified atom stereocenters. The Bertz CT molecular complexity index is 2490. The summed E-state index contributed by atoms with van der Waals surface area (Å²) in [5, 5.41) is 13.3. The Morgan fingerprint density at radius 1 is 0.585 bits per heavy atom. The van der Waals surface area contributed by atoms with Gasteiger partial charge in [0.2, 0.25) is 0 Å². The molecule has 6 heteroatoms. The molecule has 254 valence electrons. The molecule has 53 heavy (non-hydrogen) atoms. The molecule has 0 spiro atoms. The third kappa shape index (κ3) is 5.43. The Kier molecular flexibility index (Phi) is 7.88. The summed E-state index contributed by atoms with van der Waals surface area (Å²) >= 11 is 3.66. The molecule has 0 radical (unpaired) electrons. The maximum absolute atomic E-state index is 9.79. The largest absolute Gasteiger partial charge is 0.307 e. The molecule has 7 aromatic carbocycles. The van der Waals surface area contributed by atoms with Crippen molar-refractivity contribution in [3.8, 4) is 28.3 Å². The molecule has 0 bridgehead atoms. The number of hydrogen-bond acceptors (Lipinski definition) is 6. The van der Waals surface area contributed by atoms with Gasteiger partial charge in [-0.1, -0.05) is 115 Å². The fraction of sp³-hybridized carbons (Fsp3) is 0.0851. The first kappa shape index (κ1) is 32.0. The van der Waals surface area contributed by atoms with Gasteiger partial charge in [0.05, 0.1) is 45.8 Å². The van der Waals surface area contributed by atoms with E-state index in [1.165, 1.54) is 58.9 Å². The lowest BCUT2D eigenvalue weighted by Gasteiger charge is -2.40. The van der Waals surface area contributed by atoms with E-state index in [0.29, 0.717) is 11.6 Å². The van der Waals surface area contributed by atoms with Crippen molar-refractivity contribution in [1.29, 1.82) is 5.26 Å². The van der Waals surface area contributed by atoms with Crippen LogP contribution in [0.2, 0.25) is 0 Å². The molecule has 0 aromatic heterocycles. The first-order valence-electron chi connectivity index (χ1n) is 18.1. The monoisotopic (exact) mass is 718 g/mol. The van der Waals surface area contributed by atoms with Gasteiger partial charge in [0.25, 0.3) is 0 Å². The molecule has 7 aromatic rings. The molecule has 1 atom stereocenters. The number of benzene rings is 7. The van der Waals surface area contributed by atoms with Crippen LogP contribution in [-0.2, 0) is 6.42 Å². The van der Waals surface area contributed by atoms with Gasteiger partial charge < -0.3 is 15.1 Å². The highest BCUT2D eigenvalue weighted by atomic mass is 32.2. The van der Waals surface area contributed by atoms with E-state index in [1.807, 2.05) is 35.7 Å². The molecule has 10 rings (SSSR count). The van der Waals surface area contributed by atoms with Gasteiger partial charge in [-0.2, -0.15) is 5.26 Å². The average molecular weight is 719 g/mol. The minimum Gasteiger partial charge on any atom is -0.307 e. The molecule has 3 heterocycles. The van der Waals surface area contributed by atoms with Gasteiger partial charge in [-0.25, -0.2) is 0 Å². The second-order valence-corrected chi connectivity index (χ2v) is 15.7. The van der Waals surface area contributed by atoms with Crippen molar-refractivity contribution in [1.82, 2.24) is 5.32 Å². The SMILES string of the molecule is CCc1c(N2c3ccccc3Sc3ccccc32)c(-c2ccc(C#N)cc2)cc(-c2ccc(C3CN3)cc2)c1N1c2ccccc2Sc2ccccc21. The quantitative estimate of drug-likeness (QED) is 0.173. The van der Waals surface area contributed by atoms with Crippen molar-refractivity contribution in [3.05, 3.63) is 168 Å². The van der Waals surface area contributed by atoms with E-state index in [-0.39, 0.29) is 0 Å². The van der Waals surface area contributed by atoms with Gasteiger partial charge >= 0.3 is 0 Å². The van der Waals surface area contributed by atoms with E-state index < -0.39 is 0 Å². The highest BCUT2D eigenvalue weighted by molar-refractivity contribution is 8.00. The van der Waals surface area contributed by atoms with Gasteiger partial charge in [-0.3, -0.25) is 0 Å². The van der Waals surface area contributed by atoms with Gasteiger partial charge in [-0.15, -0.1) is 0 Å². The molecule has 3 aliphatic heterocycles. The Balaban J connectivity index is 1.35. The Hall–Kier alpha value is -5.71. The normalized spacial score (nSPS) is 15.1. The van der Waals surface area contributed by atoms with E-state index in [2.05, 4.69) is 168 Å². The van der Waals surface area contributed by atoms with Crippen molar-refractivity contribution in [3.63, 3.8) is 0 Å². The van der Waals surface area contributed by atoms with Crippen molar-refractivity contribution in [2.45, 2.75) is 39.0 Å². The number of nitriles is 1. The van der Waals surface area contributed by atoms with Crippen molar-refractivity contribution < 1.29 is 0 Å². The second-order valence-electron chi connectivity index (χ2n) is 13.5. The average Bonchev–Trinajstić information content (AvgIpc) is 4.08. The summed E-state index contributed by atoms with van der Waals surface area (Å²) < 4.78 is 0. The zero-order valence-electron chi connectivity index (χ0n) is 29.1. The van der Waals surface area contributed by atoms with Crippen LogP contribution < -0.4 is 15.1 Å². The molecule has 0 aliphatic carbocycles. The predicted octanol–water partition coefficient (Wildman–Crippen LogP) is 13.0. The zero-order valence-corrected chi connectivity index (χ0v) is 30.7. The Morgan fingerprint density at radius 3 is 1.36 bits per heavy atom. The van der Waals surface area contributed by atoms with Crippen molar-refractivity contribution in [2.75, 3.05) is 16.3 Å². The van der Waals surface area contributed by atoms with E-state index in [1.54, 1.807) is 0 Å². The van der Waals surface area contributed by atoms with Gasteiger partial charge in [0.15, 0.2) is 0 Å². The van der Waals surface area contributed by atoms with Gasteiger partial charge in [0, 0.05) is 48.9 Å². The van der Waals surface area contributed by atoms with Crippen LogP contribution in [0.5, 0.6) is 0 Å². The number of rotatable bonds is 6. The third-order valence-electron chi connectivity index (χ3n) is 10.4. The van der Waals surface area contributed by atoms with Crippen LogP contribution in [-0.4, -0.2) is 6.54 Å². The lowest BCUT2D eigenvalue weighted by molar-refractivity contribution is 1.06. The number of nitrogens with one attached hydrogen (secondary N) is 1. The maximum Gasteiger partial charge on any atom is 0.0991 e. The van der Waals surface area contributed by atoms with Crippen molar-refractivity contribution in [2.24, 2.45) is 0 Å². The molecule has 4 nitrogen and oxygen atoms in total. The summed E-state index contributed by atoms with van der Waals surface area (Å²) in [6.07, 6.45) is 0.786. The van der Waals surface area contributed by atoms with E-state index in [4.69, 9.17) is 0 Å². The maximum atomic E-state index is 9.79. The molecule has 1 fully saturated rings. The topological polar surface area (TPSA) is 52.2 Å². The molecule has 3 aliphatic rings. The third-order valence-corrected chi connectivity index (χ3v) is 12.7. The first-order valence-corrected chi connectivity index (χ1v) is 19.7. The second kappa shape index (κ2) is 13.1. The standard InChI is InChI=1S/C47H34N4S2/c1-2-34-46(50-38-11-3-7-15-42(38)52-43-16-8-4-12-39(43)50)35(31-21-19-30(28-48)20-22-31)27-36(32-23-25-33(26-24-32)37-29-49-37)47(34)51-40-13-5-9-17-44(40)53-45-18-10-6-14-41(45)51/h3-27,37,49H,2,29H2,1H3. The van der Waals surface area contributed by atoms with Crippen molar-refractivity contribution >= 4 is 57.6 Å². The van der Waals surface area contributed by atoms with Crippen LogP contribution in [0.1, 0.15) is 29.7 Å². The summed E-state index contributed by atoms with van der Waals surface area (Å²) in [5.74, 6) is 0. The summed E-state index contributed by atoms with van der Waals surface area (Å²) in [6, 6.07) is 57.6.